The second-order valence-electron chi connectivity index (χ2n) is 6.54. The molecular formula is C18H26N4O3S. The Morgan fingerprint density at radius 3 is 2.92 bits per heavy atom. The van der Waals surface area contributed by atoms with Crippen LogP contribution >= 0.6 is 0 Å². The largest absolute Gasteiger partial charge is 0.495 e. The number of ether oxygens (including phenoxy) is 1. The Morgan fingerprint density at radius 2 is 2.23 bits per heavy atom. The lowest BCUT2D eigenvalue weighted by Gasteiger charge is -2.31. The topological polar surface area (TPSA) is 76.5 Å². The molecule has 8 heteroatoms. The second-order valence-corrected chi connectivity index (χ2v) is 8.27. The molecule has 1 saturated heterocycles. The number of benzene rings is 1. The molecule has 1 aliphatic rings. The molecule has 142 valence electrons. The van der Waals surface area contributed by atoms with E-state index >= 15 is 0 Å². The van der Waals surface area contributed by atoms with Gasteiger partial charge in [-0.1, -0.05) is 6.92 Å². The van der Waals surface area contributed by atoms with Gasteiger partial charge in [0.1, 0.15) is 10.6 Å². The van der Waals surface area contributed by atoms with Crippen LogP contribution in [-0.4, -0.2) is 56.4 Å². The van der Waals surface area contributed by atoms with Crippen molar-refractivity contribution in [2.24, 2.45) is 5.92 Å². The highest BCUT2D eigenvalue weighted by Crippen LogP contribution is 2.26. The second kappa shape index (κ2) is 8.20. The summed E-state index contributed by atoms with van der Waals surface area (Å²) >= 11 is 0. The smallest absolute Gasteiger partial charge is 0.244 e. The van der Waals surface area contributed by atoms with Gasteiger partial charge >= 0.3 is 0 Å². The standard InChI is InChI=1S/C18H26N4O3S/c1-3-21-10-4-6-15(14-21)13-20-26(23,24)18-12-16(7-8-17(18)25-2)22-11-5-9-19-22/h5,7-9,11-12,15,20H,3-4,6,10,13-14H2,1-2H3/t15-/m0/s1. The predicted octanol–water partition coefficient (Wildman–Crippen LogP) is 1.89. The number of rotatable bonds is 7. The van der Waals surface area contributed by atoms with Gasteiger partial charge in [-0.2, -0.15) is 5.10 Å². The summed E-state index contributed by atoms with van der Waals surface area (Å²) in [4.78, 5) is 2.50. The van der Waals surface area contributed by atoms with Gasteiger partial charge in [0.15, 0.2) is 0 Å². The first-order valence-electron chi connectivity index (χ1n) is 8.93. The van der Waals surface area contributed by atoms with E-state index in [1.54, 1.807) is 41.3 Å². The van der Waals surface area contributed by atoms with Crippen LogP contribution in [0, 0.1) is 5.92 Å². The lowest BCUT2D eigenvalue weighted by Crippen LogP contribution is -2.40. The Balaban J connectivity index is 1.78. The van der Waals surface area contributed by atoms with Gasteiger partial charge in [-0.25, -0.2) is 17.8 Å². The van der Waals surface area contributed by atoms with Crippen molar-refractivity contribution in [1.29, 1.82) is 0 Å². The van der Waals surface area contributed by atoms with E-state index in [0.717, 1.165) is 32.5 Å². The molecule has 1 N–H and O–H groups in total. The molecule has 1 aliphatic heterocycles. The third-order valence-electron chi connectivity index (χ3n) is 4.82. The Labute approximate surface area is 155 Å². The number of hydrogen-bond acceptors (Lipinski definition) is 5. The maximum atomic E-state index is 12.9. The fourth-order valence-electron chi connectivity index (χ4n) is 3.35. The van der Waals surface area contributed by atoms with Crippen LogP contribution in [-0.2, 0) is 10.0 Å². The van der Waals surface area contributed by atoms with Crippen molar-refractivity contribution in [3.63, 3.8) is 0 Å². The number of likely N-dealkylation sites (tertiary alicyclic amines) is 1. The normalized spacial score (nSPS) is 18.8. The van der Waals surface area contributed by atoms with Crippen LogP contribution in [0.1, 0.15) is 19.8 Å². The van der Waals surface area contributed by atoms with Crippen molar-refractivity contribution in [3.8, 4) is 11.4 Å². The summed E-state index contributed by atoms with van der Waals surface area (Å²) in [6, 6.07) is 6.82. The van der Waals surface area contributed by atoms with Crippen LogP contribution in [0.4, 0.5) is 0 Å². The van der Waals surface area contributed by atoms with Gasteiger partial charge in [0.25, 0.3) is 0 Å². The summed E-state index contributed by atoms with van der Waals surface area (Å²) in [5.41, 5.74) is 0.672. The fourth-order valence-corrected chi connectivity index (χ4v) is 4.65. The summed E-state index contributed by atoms with van der Waals surface area (Å²) < 4.78 is 35.5. The van der Waals surface area contributed by atoms with Crippen molar-refractivity contribution in [2.45, 2.75) is 24.7 Å². The highest BCUT2D eigenvalue weighted by atomic mass is 32.2. The maximum absolute atomic E-state index is 12.9. The van der Waals surface area contributed by atoms with Gasteiger partial charge < -0.3 is 9.64 Å². The Hall–Kier alpha value is -1.90. The minimum absolute atomic E-state index is 0.135. The van der Waals surface area contributed by atoms with Crippen molar-refractivity contribution in [1.82, 2.24) is 19.4 Å². The van der Waals surface area contributed by atoms with Gasteiger partial charge in [-0.05, 0) is 56.1 Å². The number of piperidine rings is 1. The third kappa shape index (κ3) is 4.25. The minimum atomic E-state index is -3.67. The van der Waals surface area contributed by atoms with Gasteiger partial charge in [0.2, 0.25) is 10.0 Å². The number of sulfonamides is 1. The molecule has 2 heterocycles. The van der Waals surface area contributed by atoms with E-state index in [1.807, 2.05) is 0 Å². The lowest BCUT2D eigenvalue weighted by atomic mass is 9.98. The highest BCUT2D eigenvalue weighted by Gasteiger charge is 2.24. The molecule has 0 amide bonds. The molecule has 0 spiro atoms. The van der Waals surface area contributed by atoms with E-state index < -0.39 is 10.0 Å². The number of methoxy groups -OCH3 is 1. The summed E-state index contributed by atoms with van der Waals surface area (Å²) in [5.74, 6) is 0.658. The van der Waals surface area contributed by atoms with E-state index in [0.29, 0.717) is 23.9 Å². The van der Waals surface area contributed by atoms with E-state index in [2.05, 4.69) is 21.6 Å². The molecule has 1 atom stereocenters. The number of hydrogen-bond donors (Lipinski definition) is 1. The van der Waals surface area contributed by atoms with Crippen LogP contribution < -0.4 is 9.46 Å². The molecule has 1 fully saturated rings. The first-order chi connectivity index (χ1) is 12.5. The average molecular weight is 378 g/mol. The molecule has 26 heavy (non-hydrogen) atoms. The molecule has 0 bridgehead atoms. The average Bonchev–Trinajstić information content (AvgIpc) is 3.21. The van der Waals surface area contributed by atoms with E-state index in [4.69, 9.17) is 4.74 Å². The molecule has 0 saturated carbocycles. The van der Waals surface area contributed by atoms with Crippen LogP contribution in [0.15, 0.2) is 41.6 Å². The lowest BCUT2D eigenvalue weighted by molar-refractivity contribution is 0.184. The zero-order valence-corrected chi connectivity index (χ0v) is 16.1. The van der Waals surface area contributed by atoms with Gasteiger partial charge in [-0.15, -0.1) is 0 Å². The summed E-state index contributed by atoms with van der Waals surface area (Å²) in [6.45, 7) is 5.61. The number of nitrogens with zero attached hydrogens (tertiary/aromatic N) is 3. The first kappa shape index (κ1) is 18.9. The van der Waals surface area contributed by atoms with Gasteiger partial charge in [0, 0.05) is 25.5 Å². The zero-order valence-electron chi connectivity index (χ0n) is 15.3. The van der Waals surface area contributed by atoms with Crippen molar-refractivity contribution >= 4 is 10.0 Å². The van der Waals surface area contributed by atoms with Gasteiger partial charge in [-0.3, -0.25) is 0 Å². The molecule has 1 aromatic carbocycles. The number of nitrogens with one attached hydrogen (secondary N) is 1. The highest BCUT2D eigenvalue weighted by molar-refractivity contribution is 7.89. The Morgan fingerprint density at radius 1 is 1.38 bits per heavy atom. The van der Waals surface area contributed by atoms with E-state index in [9.17, 15) is 8.42 Å². The third-order valence-corrected chi connectivity index (χ3v) is 6.26. The van der Waals surface area contributed by atoms with Crippen LogP contribution in [0.5, 0.6) is 5.75 Å². The molecule has 0 unspecified atom stereocenters. The molecular weight excluding hydrogens is 352 g/mol. The summed E-state index contributed by atoms with van der Waals surface area (Å²) in [6.07, 6.45) is 5.58. The molecule has 3 rings (SSSR count). The van der Waals surface area contributed by atoms with Crippen molar-refractivity contribution < 1.29 is 13.2 Å². The van der Waals surface area contributed by atoms with Crippen LogP contribution in [0.3, 0.4) is 0 Å². The Kier molecular flexibility index (Phi) is 5.95. The maximum Gasteiger partial charge on any atom is 0.244 e. The van der Waals surface area contributed by atoms with E-state index in [1.165, 1.54) is 7.11 Å². The predicted molar refractivity (Wildman–Crippen MR) is 100 cm³/mol. The minimum Gasteiger partial charge on any atom is -0.495 e. The fraction of sp³-hybridized carbons (Fsp3) is 0.500. The first-order valence-corrected chi connectivity index (χ1v) is 10.4. The van der Waals surface area contributed by atoms with Crippen LogP contribution in [0.25, 0.3) is 5.69 Å². The van der Waals surface area contributed by atoms with Crippen molar-refractivity contribution in [2.75, 3.05) is 33.3 Å². The Bertz CT molecular complexity index is 821. The van der Waals surface area contributed by atoms with Crippen molar-refractivity contribution in [3.05, 3.63) is 36.7 Å². The molecule has 0 aliphatic carbocycles. The zero-order chi connectivity index (χ0) is 18.6. The SMILES string of the molecule is CCN1CCC[C@@H](CNS(=O)(=O)c2cc(-n3cccn3)ccc2OC)C1. The molecule has 7 nitrogen and oxygen atoms in total. The van der Waals surface area contributed by atoms with Gasteiger partial charge in [0.05, 0.1) is 12.8 Å². The molecule has 0 radical (unpaired) electrons. The van der Waals surface area contributed by atoms with E-state index in [-0.39, 0.29) is 4.90 Å². The monoisotopic (exact) mass is 378 g/mol. The quantitative estimate of drug-likeness (QED) is 0.796. The van der Waals surface area contributed by atoms with Crippen LogP contribution in [0.2, 0.25) is 0 Å². The molecule has 2 aromatic rings. The summed E-state index contributed by atoms with van der Waals surface area (Å²) in [7, 11) is -2.20. The molecule has 1 aromatic heterocycles. The summed E-state index contributed by atoms with van der Waals surface area (Å²) in [5, 5.41) is 4.16. The number of aromatic nitrogens is 2.